The van der Waals surface area contributed by atoms with Gasteiger partial charge in [-0.2, -0.15) is 0 Å². The molecule has 0 saturated heterocycles. The first kappa shape index (κ1) is 11.7. The Morgan fingerprint density at radius 1 is 1.25 bits per heavy atom. The fraction of sp³-hybridized carbons (Fsp3) is 0.250. The fourth-order valence-electron chi connectivity index (χ4n) is 1.44. The highest BCUT2D eigenvalue weighted by Gasteiger charge is 2.05. The molecule has 0 amide bonds. The molecule has 1 N–H and O–H groups in total. The molecule has 84 valence electrons. The van der Waals surface area contributed by atoms with E-state index in [9.17, 15) is 0 Å². The zero-order valence-corrected chi connectivity index (χ0v) is 11.6. The van der Waals surface area contributed by atoms with E-state index < -0.39 is 0 Å². The Balaban J connectivity index is 2.23. The van der Waals surface area contributed by atoms with Crippen LogP contribution in [0.2, 0.25) is 0 Å². The molecule has 0 fully saturated rings. The Bertz CT molecular complexity index is 462. The molecule has 2 rings (SSSR count). The van der Waals surface area contributed by atoms with E-state index in [1.807, 2.05) is 11.8 Å². The van der Waals surface area contributed by atoms with Crippen molar-refractivity contribution >= 4 is 27.7 Å². The number of aromatic amines is 1. The first-order valence-electron chi connectivity index (χ1n) is 5.13. The molecule has 0 unspecified atom stereocenters. The van der Waals surface area contributed by atoms with E-state index in [-0.39, 0.29) is 0 Å². The van der Waals surface area contributed by atoms with E-state index in [1.165, 1.54) is 4.90 Å². The fourth-order valence-corrected chi connectivity index (χ4v) is 2.71. The van der Waals surface area contributed by atoms with Gasteiger partial charge in [0.25, 0.3) is 0 Å². The highest BCUT2D eigenvalue weighted by atomic mass is 79.9. The minimum absolute atomic E-state index is 0.614. The molecule has 1 heterocycles. The van der Waals surface area contributed by atoms with Crippen molar-refractivity contribution in [3.63, 3.8) is 0 Å². The van der Waals surface area contributed by atoms with Crippen molar-refractivity contribution in [2.75, 3.05) is 0 Å². The second-order valence-corrected chi connectivity index (χ2v) is 6.20. The van der Waals surface area contributed by atoms with Crippen molar-refractivity contribution in [3.05, 3.63) is 35.2 Å². The number of hydrogen-bond donors (Lipinski definition) is 1. The van der Waals surface area contributed by atoms with E-state index in [2.05, 4.69) is 64.0 Å². The van der Waals surface area contributed by atoms with Crippen LogP contribution >= 0.6 is 27.7 Å². The lowest BCUT2D eigenvalue weighted by Gasteiger charge is -2.05. The van der Waals surface area contributed by atoms with E-state index in [1.54, 1.807) is 6.33 Å². The third kappa shape index (κ3) is 2.68. The Labute approximate surface area is 108 Å². The predicted octanol–water partition coefficient (Wildman–Crippen LogP) is 4.34. The zero-order valence-electron chi connectivity index (χ0n) is 9.20. The van der Waals surface area contributed by atoms with Gasteiger partial charge in [-0.3, -0.25) is 0 Å². The maximum Gasteiger partial charge on any atom is 0.110 e. The first-order valence-corrected chi connectivity index (χ1v) is 6.80. The van der Waals surface area contributed by atoms with Gasteiger partial charge in [-0.25, -0.2) is 4.98 Å². The standard InChI is InChI=1S/C12H13BrN2S/c1-8(2)16-10-5-3-9(4-6-10)11-12(13)15-7-14-11/h3-8H,1-2H3,(H,14,15). The summed E-state index contributed by atoms with van der Waals surface area (Å²) in [6.07, 6.45) is 1.69. The summed E-state index contributed by atoms with van der Waals surface area (Å²) < 4.78 is 0.928. The lowest BCUT2D eigenvalue weighted by Crippen LogP contribution is -1.86. The van der Waals surface area contributed by atoms with Crippen molar-refractivity contribution in [2.24, 2.45) is 0 Å². The number of aromatic nitrogens is 2. The molecule has 0 aliphatic heterocycles. The normalized spacial score (nSPS) is 11.0. The average molecular weight is 297 g/mol. The van der Waals surface area contributed by atoms with Crippen molar-refractivity contribution in [2.45, 2.75) is 24.0 Å². The summed E-state index contributed by atoms with van der Waals surface area (Å²) in [6.45, 7) is 4.39. The molecule has 0 atom stereocenters. The van der Waals surface area contributed by atoms with Gasteiger partial charge in [-0.15, -0.1) is 11.8 Å². The van der Waals surface area contributed by atoms with Gasteiger partial charge in [0.15, 0.2) is 0 Å². The summed E-state index contributed by atoms with van der Waals surface area (Å²) in [6, 6.07) is 8.49. The molecule has 1 aromatic heterocycles. The molecule has 0 spiro atoms. The maximum absolute atomic E-state index is 4.27. The van der Waals surface area contributed by atoms with Crippen LogP contribution in [-0.2, 0) is 0 Å². The number of benzene rings is 1. The number of thioether (sulfide) groups is 1. The van der Waals surface area contributed by atoms with Crippen LogP contribution < -0.4 is 0 Å². The Hall–Kier alpha value is -0.740. The topological polar surface area (TPSA) is 28.7 Å². The molecular weight excluding hydrogens is 284 g/mol. The SMILES string of the molecule is CC(C)Sc1ccc(-c2nc[nH]c2Br)cc1. The highest BCUT2D eigenvalue weighted by molar-refractivity contribution is 9.10. The van der Waals surface area contributed by atoms with E-state index in [4.69, 9.17) is 0 Å². The monoisotopic (exact) mass is 296 g/mol. The van der Waals surface area contributed by atoms with E-state index >= 15 is 0 Å². The number of nitrogens with one attached hydrogen (secondary N) is 1. The molecule has 2 nitrogen and oxygen atoms in total. The van der Waals surface area contributed by atoms with Crippen LogP contribution in [0.4, 0.5) is 0 Å². The molecule has 1 aromatic carbocycles. The van der Waals surface area contributed by atoms with Gasteiger partial charge in [0.1, 0.15) is 10.3 Å². The van der Waals surface area contributed by atoms with Gasteiger partial charge < -0.3 is 4.98 Å². The Morgan fingerprint density at radius 2 is 1.94 bits per heavy atom. The molecule has 0 saturated carbocycles. The quantitative estimate of drug-likeness (QED) is 0.854. The van der Waals surface area contributed by atoms with Crippen molar-refractivity contribution in [3.8, 4) is 11.3 Å². The molecule has 4 heteroatoms. The Morgan fingerprint density at radius 3 is 2.44 bits per heavy atom. The second-order valence-electron chi connectivity index (χ2n) is 3.76. The zero-order chi connectivity index (χ0) is 11.5. The molecule has 0 aliphatic rings. The molecule has 16 heavy (non-hydrogen) atoms. The van der Waals surface area contributed by atoms with E-state index in [0.717, 1.165) is 15.9 Å². The third-order valence-electron chi connectivity index (χ3n) is 2.09. The lowest BCUT2D eigenvalue weighted by molar-refractivity contribution is 1.11. The molecule has 2 aromatic rings. The van der Waals surface area contributed by atoms with Crippen molar-refractivity contribution < 1.29 is 0 Å². The van der Waals surface area contributed by atoms with Gasteiger partial charge in [-0.05, 0) is 28.1 Å². The summed E-state index contributed by atoms with van der Waals surface area (Å²) >= 11 is 5.31. The number of rotatable bonds is 3. The molecular formula is C12H13BrN2S. The second kappa shape index (κ2) is 5.06. The summed E-state index contributed by atoms with van der Waals surface area (Å²) in [5, 5.41) is 0.614. The van der Waals surface area contributed by atoms with Crippen LogP contribution in [0, 0.1) is 0 Å². The molecule has 0 radical (unpaired) electrons. The van der Waals surface area contributed by atoms with Gasteiger partial charge in [0.2, 0.25) is 0 Å². The largest absolute Gasteiger partial charge is 0.339 e. The lowest BCUT2D eigenvalue weighted by atomic mass is 10.2. The van der Waals surface area contributed by atoms with Crippen LogP contribution in [0.3, 0.4) is 0 Å². The Kier molecular flexibility index (Phi) is 3.71. The molecule has 0 bridgehead atoms. The summed E-state index contributed by atoms with van der Waals surface area (Å²) in [4.78, 5) is 8.58. The number of halogens is 1. The van der Waals surface area contributed by atoms with Gasteiger partial charge in [-0.1, -0.05) is 26.0 Å². The molecule has 0 aliphatic carbocycles. The van der Waals surface area contributed by atoms with Crippen molar-refractivity contribution in [1.29, 1.82) is 0 Å². The summed E-state index contributed by atoms with van der Waals surface area (Å²) in [5.74, 6) is 0. The van der Waals surface area contributed by atoms with Crippen LogP contribution in [0.1, 0.15) is 13.8 Å². The third-order valence-corrected chi connectivity index (χ3v) is 3.71. The smallest absolute Gasteiger partial charge is 0.110 e. The minimum atomic E-state index is 0.614. The number of nitrogens with zero attached hydrogens (tertiary/aromatic N) is 1. The highest BCUT2D eigenvalue weighted by Crippen LogP contribution is 2.28. The summed E-state index contributed by atoms with van der Waals surface area (Å²) in [7, 11) is 0. The van der Waals surface area contributed by atoms with Gasteiger partial charge >= 0.3 is 0 Å². The summed E-state index contributed by atoms with van der Waals surface area (Å²) in [5.41, 5.74) is 2.09. The predicted molar refractivity (Wildman–Crippen MR) is 72.7 cm³/mol. The maximum atomic E-state index is 4.27. The van der Waals surface area contributed by atoms with Gasteiger partial charge in [0, 0.05) is 15.7 Å². The van der Waals surface area contributed by atoms with E-state index in [0.29, 0.717) is 5.25 Å². The number of imidazole rings is 1. The van der Waals surface area contributed by atoms with Gasteiger partial charge in [0.05, 0.1) is 6.33 Å². The minimum Gasteiger partial charge on any atom is -0.339 e. The van der Waals surface area contributed by atoms with Crippen molar-refractivity contribution in [1.82, 2.24) is 9.97 Å². The van der Waals surface area contributed by atoms with Crippen LogP contribution in [0.5, 0.6) is 0 Å². The van der Waals surface area contributed by atoms with Crippen LogP contribution in [-0.4, -0.2) is 15.2 Å². The van der Waals surface area contributed by atoms with Crippen LogP contribution in [0.25, 0.3) is 11.3 Å². The average Bonchev–Trinajstić information content (AvgIpc) is 2.65. The number of hydrogen-bond acceptors (Lipinski definition) is 2. The number of H-pyrrole nitrogens is 1. The first-order chi connectivity index (χ1) is 7.66. The van der Waals surface area contributed by atoms with Crippen LogP contribution in [0.15, 0.2) is 40.1 Å².